The maximum atomic E-state index is 13.2. The van der Waals surface area contributed by atoms with Crippen LogP contribution in [0.1, 0.15) is 35.9 Å². The van der Waals surface area contributed by atoms with Crippen molar-refractivity contribution in [3.63, 3.8) is 0 Å². The summed E-state index contributed by atoms with van der Waals surface area (Å²) in [5.41, 5.74) is 0.110. The number of aromatic amines is 1. The molecule has 3 heterocycles. The van der Waals surface area contributed by atoms with Crippen molar-refractivity contribution >= 4 is 65.1 Å². The number of hydrogen-bond donors (Lipinski definition) is 9. The molecule has 50 heavy (non-hydrogen) atoms. The van der Waals surface area contributed by atoms with E-state index in [9.17, 15) is 39.2 Å². The quantitative estimate of drug-likeness (QED) is 0.0798. The normalized spacial score (nSPS) is 27.0. The van der Waals surface area contributed by atoms with E-state index in [4.69, 9.17) is 14.5 Å². The van der Waals surface area contributed by atoms with Crippen LogP contribution >= 0.6 is 15.6 Å². The summed E-state index contributed by atoms with van der Waals surface area (Å²) >= 11 is 0. The molecule has 2 aliphatic rings. The third-order valence-electron chi connectivity index (χ3n) is 9.22. The van der Waals surface area contributed by atoms with Crippen LogP contribution in [0.3, 0.4) is 0 Å². The first kappa shape index (κ1) is 33.3. The highest BCUT2D eigenvalue weighted by atomic mass is 31.3. The van der Waals surface area contributed by atoms with E-state index >= 15 is 0 Å². The van der Waals surface area contributed by atoms with Gasteiger partial charge in [0.15, 0.2) is 11.2 Å². The summed E-state index contributed by atoms with van der Waals surface area (Å²) in [5.74, 6) is -0.122. The van der Waals surface area contributed by atoms with Crippen LogP contribution in [0.5, 0.6) is 0 Å². The number of phosphoric acid groups is 2. The van der Waals surface area contributed by atoms with Crippen LogP contribution in [0.2, 0.25) is 0 Å². The molecular weight excluding hydrogens is 700 g/mol. The Morgan fingerprint density at radius 2 is 1.70 bits per heavy atom. The molecule has 262 valence electrons. The Balaban J connectivity index is 1.14. The number of nitrogens with zero attached hydrogens (tertiary/aromatic N) is 3. The Morgan fingerprint density at radius 1 is 0.980 bits per heavy atom. The van der Waals surface area contributed by atoms with Gasteiger partial charge in [-0.15, -0.1) is 0 Å². The topological polar surface area (TPSA) is 279 Å². The maximum Gasteiger partial charge on any atom is 0.481 e. The van der Waals surface area contributed by atoms with Crippen LogP contribution in [-0.2, 0) is 22.7 Å². The zero-order chi connectivity index (χ0) is 35.3. The van der Waals surface area contributed by atoms with Gasteiger partial charge >= 0.3 is 15.6 Å². The summed E-state index contributed by atoms with van der Waals surface area (Å²) in [7, 11) is -10.6. The van der Waals surface area contributed by atoms with Crippen molar-refractivity contribution in [3.8, 4) is 0 Å². The molecule has 1 fully saturated rings. The van der Waals surface area contributed by atoms with Gasteiger partial charge in [-0.1, -0.05) is 42.5 Å². The molecule has 0 radical (unpaired) electrons. The van der Waals surface area contributed by atoms with Crippen LogP contribution in [0.25, 0.3) is 43.5 Å². The van der Waals surface area contributed by atoms with Crippen LogP contribution in [-0.4, -0.2) is 85.6 Å². The minimum absolute atomic E-state index is 0.00540. The smallest absolute Gasteiger partial charge is 0.390 e. The molecule has 1 unspecified atom stereocenters. The third kappa shape index (κ3) is 5.59. The summed E-state index contributed by atoms with van der Waals surface area (Å²) in [6, 6.07) is 14.4. The largest absolute Gasteiger partial charge is 0.481 e. The van der Waals surface area contributed by atoms with Crippen LogP contribution < -0.4 is 10.9 Å². The lowest BCUT2D eigenvalue weighted by atomic mass is 9.77. The fourth-order valence-corrected chi connectivity index (χ4v) is 8.66. The number of anilines is 1. The van der Waals surface area contributed by atoms with Crippen molar-refractivity contribution in [2.75, 3.05) is 11.9 Å². The van der Waals surface area contributed by atoms with Crippen LogP contribution in [0, 0.1) is 0 Å². The lowest BCUT2D eigenvalue weighted by molar-refractivity contribution is -0.0767. The number of ether oxygens (including phenoxy) is 1. The molecular formula is C30H29N5O13P2. The predicted octanol–water partition coefficient (Wildman–Crippen LogP) is 1.81. The van der Waals surface area contributed by atoms with E-state index in [2.05, 4.69) is 29.1 Å². The number of rotatable bonds is 8. The molecule has 1 aliphatic carbocycles. The van der Waals surface area contributed by atoms with Gasteiger partial charge in [0.25, 0.3) is 5.56 Å². The van der Waals surface area contributed by atoms with Gasteiger partial charge in [-0.2, -0.15) is 9.29 Å². The second-order valence-electron chi connectivity index (χ2n) is 12.3. The Labute approximate surface area is 279 Å². The summed E-state index contributed by atoms with van der Waals surface area (Å²) in [4.78, 5) is 51.6. The summed E-state index contributed by atoms with van der Waals surface area (Å²) in [6.07, 6.45) is -7.00. The number of phosphoric ester groups is 1. The Hall–Kier alpha value is -3.87. The summed E-state index contributed by atoms with van der Waals surface area (Å²) in [5, 5.41) is 52.5. The van der Waals surface area contributed by atoms with Crippen molar-refractivity contribution in [1.82, 2.24) is 19.5 Å². The standard InChI is InChI=1S/C30H29N5O13P2/c36-17-9-19(47-18(17)10-46-50(44,45)48-49(41,42)43)35-11-31-24-28(35)33-30(34-29(24)40)32-23-22-15-7-6-13-3-1-2-12-4-5-14(21(15)20(12)13)8-16(22)25(37)27(39)26(23)38/h1-8,11,17-19,23,25-27,36-39H,9-10H2,(H,44,45)(H2,41,42,43)(H2,32,33,34,40)/t17-,18+,19+,23+,25+,26-,27+/m0/s1. The molecule has 1 saturated heterocycles. The van der Waals surface area contributed by atoms with E-state index in [0.29, 0.717) is 11.1 Å². The molecule has 6 aromatic rings. The fourth-order valence-electron chi connectivity index (χ4n) is 7.06. The minimum Gasteiger partial charge on any atom is -0.390 e. The van der Waals surface area contributed by atoms with E-state index in [1.165, 1.54) is 10.9 Å². The molecule has 9 N–H and O–H groups in total. The molecule has 18 nitrogen and oxygen atoms in total. The van der Waals surface area contributed by atoms with Gasteiger partial charge in [-0.25, -0.2) is 14.1 Å². The number of H-pyrrole nitrogens is 1. The molecule has 2 aromatic heterocycles. The van der Waals surface area contributed by atoms with Crippen molar-refractivity contribution in [3.05, 3.63) is 76.3 Å². The van der Waals surface area contributed by atoms with E-state index in [-0.39, 0.29) is 23.5 Å². The van der Waals surface area contributed by atoms with Gasteiger partial charge in [0.2, 0.25) is 5.95 Å². The monoisotopic (exact) mass is 729 g/mol. The maximum absolute atomic E-state index is 13.2. The van der Waals surface area contributed by atoms with Crippen molar-refractivity contribution in [2.24, 2.45) is 0 Å². The van der Waals surface area contributed by atoms with Crippen molar-refractivity contribution in [1.29, 1.82) is 0 Å². The third-order valence-corrected chi connectivity index (χ3v) is 11.4. The van der Waals surface area contributed by atoms with Crippen LogP contribution in [0.4, 0.5) is 5.95 Å². The minimum atomic E-state index is -5.36. The molecule has 8 atom stereocenters. The first-order chi connectivity index (χ1) is 23.7. The average Bonchev–Trinajstić information content (AvgIpc) is 3.65. The number of aromatic nitrogens is 4. The Morgan fingerprint density at radius 3 is 2.44 bits per heavy atom. The van der Waals surface area contributed by atoms with Gasteiger partial charge in [0.05, 0.1) is 25.1 Å². The number of nitrogens with one attached hydrogen (secondary N) is 2. The highest BCUT2D eigenvalue weighted by molar-refractivity contribution is 7.60. The second kappa shape index (κ2) is 11.8. The molecule has 0 amide bonds. The molecule has 0 bridgehead atoms. The second-order valence-corrected chi connectivity index (χ2v) is 15.1. The zero-order valence-electron chi connectivity index (χ0n) is 25.5. The molecule has 8 rings (SSSR count). The lowest BCUT2D eigenvalue weighted by Gasteiger charge is -2.38. The number of hydrogen-bond acceptors (Lipinski definition) is 13. The predicted molar refractivity (Wildman–Crippen MR) is 175 cm³/mol. The Bertz CT molecular complexity index is 2430. The zero-order valence-corrected chi connectivity index (χ0v) is 27.3. The highest BCUT2D eigenvalue weighted by Crippen LogP contribution is 2.57. The fraction of sp³-hybridized carbons (Fsp3) is 0.300. The van der Waals surface area contributed by atoms with Crippen molar-refractivity contribution in [2.45, 2.75) is 49.2 Å². The van der Waals surface area contributed by atoms with Gasteiger partial charge in [-0.05, 0) is 49.5 Å². The molecule has 20 heteroatoms. The molecule has 0 spiro atoms. The molecule has 4 aromatic carbocycles. The number of benzene rings is 4. The van der Waals surface area contributed by atoms with E-state index < -0.39 is 70.6 Å². The number of imidazole rings is 1. The van der Waals surface area contributed by atoms with Gasteiger partial charge < -0.3 is 45.2 Å². The van der Waals surface area contributed by atoms with E-state index in [1.54, 1.807) is 6.07 Å². The van der Waals surface area contributed by atoms with Gasteiger partial charge in [-0.3, -0.25) is 18.9 Å². The SMILES string of the molecule is O=c1[nH]c(N[C@@H]2c3c(cc4ccc5cccc6ccc3c4c56)[C@@H](O)[C@@H](O)[C@H]2O)nc2c1ncn2[C@H]1C[C@H](O)[C@@H](COP(=O)(O)OP(=O)(O)O)O1. The Kier molecular flexibility index (Phi) is 7.89. The highest BCUT2D eigenvalue weighted by Gasteiger charge is 2.43. The first-order valence-corrected chi connectivity index (χ1v) is 18.3. The number of fused-ring (bicyclic) bond motifs is 3. The molecule has 0 saturated carbocycles. The molecule has 1 aliphatic heterocycles. The van der Waals surface area contributed by atoms with Gasteiger partial charge in [0.1, 0.15) is 30.6 Å². The van der Waals surface area contributed by atoms with E-state index in [0.717, 1.165) is 32.3 Å². The van der Waals surface area contributed by atoms with Crippen LogP contribution in [0.15, 0.2) is 59.7 Å². The van der Waals surface area contributed by atoms with Crippen molar-refractivity contribution < 1.29 is 57.8 Å². The lowest BCUT2D eigenvalue weighted by Crippen LogP contribution is -2.44. The van der Waals surface area contributed by atoms with E-state index in [1.807, 2.05) is 42.5 Å². The first-order valence-electron chi connectivity index (χ1n) is 15.2. The summed E-state index contributed by atoms with van der Waals surface area (Å²) in [6.45, 7) is -0.783. The number of aliphatic hydroxyl groups excluding tert-OH is 4. The van der Waals surface area contributed by atoms with Gasteiger partial charge in [0, 0.05) is 6.42 Å². The number of aliphatic hydroxyl groups is 4. The average molecular weight is 730 g/mol. The summed E-state index contributed by atoms with van der Waals surface area (Å²) < 4.78 is 38.3.